The Morgan fingerprint density at radius 3 is 2.05 bits per heavy atom. The van der Waals surface area contributed by atoms with Crippen LogP contribution in [0.3, 0.4) is 0 Å². The second-order valence-corrected chi connectivity index (χ2v) is 7.81. The van der Waals surface area contributed by atoms with Gasteiger partial charge in [0.05, 0.1) is 0 Å². The molecule has 20 heavy (non-hydrogen) atoms. The van der Waals surface area contributed by atoms with Gasteiger partial charge in [-0.1, -0.05) is 74.1 Å². The van der Waals surface area contributed by atoms with Gasteiger partial charge in [-0.05, 0) is 43.1 Å². The second kappa shape index (κ2) is 10.7. The van der Waals surface area contributed by atoms with Gasteiger partial charge in [0.2, 0.25) is 0 Å². The summed E-state index contributed by atoms with van der Waals surface area (Å²) in [6.45, 7) is 17.7. The van der Waals surface area contributed by atoms with Gasteiger partial charge in [-0.2, -0.15) is 0 Å². The van der Waals surface area contributed by atoms with Crippen LogP contribution < -0.4 is 5.32 Å². The van der Waals surface area contributed by atoms with Crippen LogP contribution in [0.5, 0.6) is 0 Å². The summed E-state index contributed by atoms with van der Waals surface area (Å²) in [5, 5.41) is 3.81. The van der Waals surface area contributed by atoms with Gasteiger partial charge in [-0.15, -0.1) is 0 Å². The van der Waals surface area contributed by atoms with Crippen LogP contribution in [0.1, 0.15) is 93.4 Å². The van der Waals surface area contributed by atoms with Gasteiger partial charge in [-0.25, -0.2) is 0 Å². The van der Waals surface area contributed by atoms with Gasteiger partial charge in [-0.3, -0.25) is 0 Å². The van der Waals surface area contributed by atoms with Crippen molar-refractivity contribution in [3.8, 4) is 0 Å². The SMILES string of the molecule is CCCCC(CC)CC(CC(C)C(C)(C)C)NCCC. The zero-order valence-electron chi connectivity index (χ0n) is 15.4. The Kier molecular flexibility index (Phi) is 10.6. The summed E-state index contributed by atoms with van der Waals surface area (Å²) in [4.78, 5) is 0. The van der Waals surface area contributed by atoms with Crippen molar-refractivity contribution in [2.24, 2.45) is 17.3 Å². The van der Waals surface area contributed by atoms with Gasteiger partial charge in [0, 0.05) is 6.04 Å². The summed E-state index contributed by atoms with van der Waals surface area (Å²) < 4.78 is 0. The van der Waals surface area contributed by atoms with E-state index in [0.717, 1.165) is 11.8 Å². The van der Waals surface area contributed by atoms with Crippen LogP contribution in [-0.4, -0.2) is 12.6 Å². The van der Waals surface area contributed by atoms with E-state index in [1.165, 1.54) is 51.5 Å². The first-order valence-corrected chi connectivity index (χ1v) is 9.08. The number of hydrogen-bond acceptors (Lipinski definition) is 1. The Morgan fingerprint density at radius 2 is 1.60 bits per heavy atom. The largest absolute Gasteiger partial charge is 0.314 e. The molecule has 0 heterocycles. The molecule has 3 unspecified atom stereocenters. The van der Waals surface area contributed by atoms with Crippen molar-refractivity contribution in [1.29, 1.82) is 0 Å². The third-order valence-corrected chi connectivity index (χ3v) is 4.96. The first-order chi connectivity index (χ1) is 9.35. The zero-order chi connectivity index (χ0) is 15.6. The van der Waals surface area contributed by atoms with Gasteiger partial charge in [0.15, 0.2) is 0 Å². The van der Waals surface area contributed by atoms with E-state index in [1.54, 1.807) is 0 Å². The van der Waals surface area contributed by atoms with E-state index in [0.29, 0.717) is 11.5 Å². The predicted octanol–water partition coefficient (Wildman–Crippen LogP) is 6.03. The second-order valence-electron chi connectivity index (χ2n) is 7.81. The van der Waals surface area contributed by atoms with Crippen LogP contribution in [0.2, 0.25) is 0 Å². The van der Waals surface area contributed by atoms with Gasteiger partial charge in [0.1, 0.15) is 0 Å². The van der Waals surface area contributed by atoms with Gasteiger partial charge < -0.3 is 5.32 Å². The lowest BCUT2D eigenvalue weighted by Crippen LogP contribution is -2.35. The van der Waals surface area contributed by atoms with E-state index in [4.69, 9.17) is 0 Å². The molecule has 1 heteroatoms. The molecule has 0 aromatic heterocycles. The van der Waals surface area contributed by atoms with Crippen molar-refractivity contribution in [3.63, 3.8) is 0 Å². The van der Waals surface area contributed by atoms with E-state index in [1.807, 2.05) is 0 Å². The molecule has 1 nitrogen and oxygen atoms in total. The van der Waals surface area contributed by atoms with Crippen LogP contribution in [0, 0.1) is 17.3 Å². The van der Waals surface area contributed by atoms with Crippen LogP contribution in [0.25, 0.3) is 0 Å². The average Bonchev–Trinajstić information content (AvgIpc) is 2.39. The van der Waals surface area contributed by atoms with E-state index in [9.17, 15) is 0 Å². The molecular formula is C19H41N. The molecular weight excluding hydrogens is 242 g/mol. The maximum absolute atomic E-state index is 3.81. The van der Waals surface area contributed by atoms with Crippen LogP contribution in [0.15, 0.2) is 0 Å². The number of nitrogens with one attached hydrogen (secondary N) is 1. The van der Waals surface area contributed by atoms with Crippen molar-refractivity contribution < 1.29 is 0 Å². The highest BCUT2D eigenvalue weighted by Crippen LogP contribution is 2.31. The molecule has 0 rings (SSSR count). The Balaban J connectivity index is 4.45. The minimum absolute atomic E-state index is 0.428. The van der Waals surface area contributed by atoms with Crippen molar-refractivity contribution in [2.45, 2.75) is 99.5 Å². The molecule has 0 aliphatic heterocycles. The Hall–Kier alpha value is -0.0400. The number of hydrogen-bond donors (Lipinski definition) is 1. The third kappa shape index (κ3) is 9.00. The van der Waals surface area contributed by atoms with Crippen LogP contribution in [0.4, 0.5) is 0 Å². The third-order valence-electron chi connectivity index (χ3n) is 4.96. The van der Waals surface area contributed by atoms with Crippen LogP contribution in [-0.2, 0) is 0 Å². The minimum atomic E-state index is 0.428. The molecule has 0 amide bonds. The Bertz CT molecular complexity index is 216. The van der Waals surface area contributed by atoms with Crippen molar-refractivity contribution in [1.82, 2.24) is 5.32 Å². The van der Waals surface area contributed by atoms with Crippen molar-refractivity contribution in [2.75, 3.05) is 6.54 Å². The maximum atomic E-state index is 3.81. The Labute approximate surface area is 129 Å². The molecule has 0 aliphatic carbocycles. The average molecular weight is 284 g/mol. The topological polar surface area (TPSA) is 12.0 Å². The van der Waals surface area contributed by atoms with Crippen molar-refractivity contribution in [3.05, 3.63) is 0 Å². The minimum Gasteiger partial charge on any atom is -0.314 e. The van der Waals surface area contributed by atoms with E-state index in [2.05, 4.69) is 53.8 Å². The van der Waals surface area contributed by atoms with E-state index < -0.39 is 0 Å². The normalized spacial score (nSPS) is 16.9. The lowest BCUT2D eigenvalue weighted by Gasteiger charge is -2.33. The molecule has 122 valence electrons. The van der Waals surface area contributed by atoms with E-state index >= 15 is 0 Å². The number of unbranched alkanes of at least 4 members (excludes halogenated alkanes) is 1. The summed E-state index contributed by atoms with van der Waals surface area (Å²) in [6.07, 6.45) is 9.43. The van der Waals surface area contributed by atoms with Gasteiger partial charge >= 0.3 is 0 Å². The highest BCUT2D eigenvalue weighted by atomic mass is 14.9. The quantitative estimate of drug-likeness (QED) is 0.488. The molecule has 0 spiro atoms. The molecule has 0 fully saturated rings. The standard InChI is InChI=1S/C19H41N/c1-8-11-12-17(10-3)15-18(20-13-9-2)14-16(4)19(5,6)7/h16-18,20H,8-15H2,1-7H3. The first kappa shape index (κ1) is 20.0. The lowest BCUT2D eigenvalue weighted by atomic mass is 9.77. The molecule has 0 aromatic rings. The maximum Gasteiger partial charge on any atom is 0.00724 e. The fourth-order valence-electron chi connectivity index (χ4n) is 2.78. The highest BCUT2D eigenvalue weighted by molar-refractivity contribution is 4.79. The fraction of sp³-hybridized carbons (Fsp3) is 1.00. The van der Waals surface area contributed by atoms with Crippen LogP contribution >= 0.6 is 0 Å². The predicted molar refractivity (Wildman–Crippen MR) is 93.2 cm³/mol. The van der Waals surface area contributed by atoms with Gasteiger partial charge in [0.25, 0.3) is 0 Å². The lowest BCUT2D eigenvalue weighted by molar-refractivity contribution is 0.207. The van der Waals surface area contributed by atoms with E-state index in [-0.39, 0.29) is 0 Å². The molecule has 0 aromatic carbocycles. The summed E-state index contributed by atoms with van der Waals surface area (Å²) in [5.74, 6) is 1.69. The summed E-state index contributed by atoms with van der Waals surface area (Å²) in [6, 6.07) is 0.714. The Morgan fingerprint density at radius 1 is 0.950 bits per heavy atom. The summed E-state index contributed by atoms with van der Waals surface area (Å²) in [5.41, 5.74) is 0.428. The first-order valence-electron chi connectivity index (χ1n) is 9.08. The molecule has 0 radical (unpaired) electrons. The zero-order valence-corrected chi connectivity index (χ0v) is 15.4. The smallest absolute Gasteiger partial charge is 0.00724 e. The molecule has 0 saturated carbocycles. The molecule has 3 atom stereocenters. The number of rotatable bonds is 11. The fourth-order valence-corrected chi connectivity index (χ4v) is 2.78. The highest BCUT2D eigenvalue weighted by Gasteiger charge is 2.24. The molecule has 0 bridgehead atoms. The molecule has 0 saturated heterocycles. The van der Waals surface area contributed by atoms with Crippen molar-refractivity contribution >= 4 is 0 Å². The summed E-state index contributed by atoms with van der Waals surface area (Å²) in [7, 11) is 0. The monoisotopic (exact) mass is 283 g/mol. The summed E-state index contributed by atoms with van der Waals surface area (Å²) >= 11 is 0. The molecule has 0 aliphatic rings. The molecule has 1 N–H and O–H groups in total.